The first-order chi connectivity index (χ1) is 8.86. The zero-order valence-corrected chi connectivity index (χ0v) is 10.4. The number of carbonyl (C=O) groups excluding carboxylic acids is 1. The number of carbonyl (C=O) groups is 1. The summed E-state index contributed by atoms with van der Waals surface area (Å²) in [6, 6.07) is 9.66. The number of likely N-dealkylation sites (tertiary alicyclic amines) is 1. The minimum Gasteiger partial charge on any atom is -0.386 e. The second kappa shape index (κ2) is 6.79. The Kier molecular flexibility index (Phi) is 4.76. The van der Waals surface area contributed by atoms with Crippen LogP contribution in [0.25, 0.3) is 0 Å². The number of hydrogen-bond donors (Lipinski definition) is 0. The van der Waals surface area contributed by atoms with Crippen LogP contribution in [-0.2, 0) is 9.63 Å². The molecule has 1 aliphatic rings. The number of oxime groups is 1. The molecule has 4 heteroatoms. The summed E-state index contributed by atoms with van der Waals surface area (Å²) in [5.74, 6) is 0.0277. The first-order valence-corrected chi connectivity index (χ1v) is 6.34. The predicted octanol–water partition coefficient (Wildman–Crippen LogP) is 2.05. The summed E-state index contributed by atoms with van der Waals surface area (Å²) < 4.78 is 0. The average molecular weight is 246 g/mol. The van der Waals surface area contributed by atoms with Crippen molar-refractivity contribution in [2.75, 3.05) is 19.7 Å². The van der Waals surface area contributed by atoms with Crippen molar-refractivity contribution in [2.45, 2.75) is 19.3 Å². The molecule has 1 aromatic rings. The molecule has 0 spiro atoms. The highest BCUT2D eigenvalue weighted by molar-refractivity contribution is 5.79. The van der Waals surface area contributed by atoms with Gasteiger partial charge in [0.25, 0.3) is 5.91 Å². The molecule has 0 N–H and O–H groups in total. The van der Waals surface area contributed by atoms with Crippen molar-refractivity contribution in [1.82, 2.24) is 4.90 Å². The molecule has 0 bridgehead atoms. The van der Waals surface area contributed by atoms with Crippen molar-refractivity contribution in [3.63, 3.8) is 0 Å². The smallest absolute Gasteiger partial charge is 0.263 e. The molecule has 0 atom stereocenters. The van der Waals surface area contributed by atoms with E-state index in [9.17, 15) is 4.79 Å². The Hall–Kier alpha value is -1.84. The molecule has 0 saturated carbocycles. The van der Waals surface area contributed by atoms with Gasteiger partial charge in [0, 0.05) is 13.1 Å². The lowest BCUT2D eigenvalue weighted by Crippen LogP contribution is -2.37. The third-order valence-corrected chi connectivity index (χ3v) is 2.97. The van der Waals surface area contributed by atoms with E-state index in [0.717, 1.165) is 31.5 Å². The fourth-order valence-electron chi connectivity index (χ4n) is 1.96. The summed E-state index contributed by atoms with van der Waals surface area (Å²) in [7, 11) is 0. The predicted molar refractivity (Wildman–Crippen MR) is 70.4 cm³/mol. The molecule has 0 aliphatic carbocycles. The first-order valence-electron chi connectivity index (χ1n) is 6.34. The Morgan fingerprint density at radius 1 is 1.22 bits per heavy atom. The van der Waals surface area contributed by atoms with Crippen molar-refractivity contribution in [2.24, 2.45) is 5.16 Å². The lowest BCUT2D eigenvalue weighted by Gasteiger charge is -2.25. The molecule has 1 fully saturated rings. The molecule has 1 saturated heterocycles. The fourth-order valence-corrected chi connectivity index (χ4v) is 1.96. The molecular weight excluding hydrogens is 228 g/mol. The van der Waals surface area contributed by atoms with Crippen molar-refractivity contribution >= 4 is 12.1 Å². The molecule has 96 valence electrons. The minimum atomic E-state index is 0.0277. The Bertz CT molecular complexity index is 398. The van der Waals surface area contributed by atoms with Gasteiger partial charge < -0.3 is 9.74 Å². The average Bonchev–Trinajstić information content (AvgIpc) is 2.45. The number of piperidine rings is 1. The van der Waals surface area contributed by atoms with Gasteiger partial charge in [-0.3, -0.25) is 4.79 Å². The SMILES string of the molecule is O=C(CO/N=C\c1ccccc1)N1CCCCC1. The topological polar surface area (TPSA) is 41.9 Å². The van der Waals surface area contributed by atoms with Crippen LogP contribution in [0.3, 0.4) is 0 Å². The zero-order chi connectivity index (χ0) is 12.6. The third-order valence-electron chi connectivity index (χ3n) is 2.97. The van der Waals surface area contributed by atoms with Crippen LogP contribution >= 0.6 is 0 Å². The Morgan fingerprint density at radius 3 is 2.67 bits per heavy atom. The van der Waals surface area contributed by atoms with E-state index < -0.39 is 0 Å². The number of amides is 1. The lowest BCUT2D eigenvalue weighted by molar-refractivity contribution is -0.136. The second-order valence-corrected chi connectivity index (χ2v) is 4.36. The standard InChI is InChI=1S/C14H18N2O2/c17-14(16-9-5-2-6-10-16)12-18-15-11-13-7-3-1-4-8-13/h1,3-4,7-8,11H,2,5-6,9-10,12H2/b15-11-. The second-order valence-electron chi connectivity index (χ2n) is 4.36. The van der Waals surface area contributed by atoms with Gasteiger partial charge in [0.2, 0.25) is 0 Å². The summed E-state index contributed by atoms with van der Waals surface area (Å²) in [4.78, 5) is 18.6. The molecule has 1 amide bonds. The Labute approximate surface area is 107 Å². The van der Waals surface area contributed by atoms with Crippen molar-refractivity contribution < 1.29 is 9.63 Å². The van der Waals surface area contributed by atoms with E-state index in [0.29, 0.717) is 0 Å². The largest absolute Gasteiger partial charge is 0.386 e. The quantitative estimate of drug-likeness (QED) is 0.602. The van der Waals surface area contributed by atoms with Gasteiger partial charge in [-0.15, -0.1) is 0 Å². The van der Waals surface area contributed by atoms with Gasteiger partial charge in [0.05, 0.1) is 6.21 Å². The molecule has 1 aliphatic heterocycles. The monoisotopic (exact) mass is 246 g/mol. The lowest BCUT2D eigenvalue weighted by atomic mass is 10.1. The highest BCUT2D eigenvalue weighted by Gasteiger charge is 2.16. The maximum absolute atomic E-state index is 11.7. The van der Waals surface area contributed by atoms with Crippen LogP contribution in [0.4, 0.5) is 0 Å². The highest BCUT2D eigenvalue weighted by Crippen LogP contribution is 2.08. The van der Waals surface area contributed by atoms with Crippen LogP contribution in [0.5, 0.6) is 0 Å². The Balaban J connectivity index is 1.71. The van der Waals surface area contributed by atoms with Crippen LogP contribution in [0.2, 0.25) is 0 Å². The molecule has 0 radical (unpaired) electrons. The van der Waals surface area contributed by atoms with Crippen LogP contribution < -0.4 is 0 Å². The molecule has 18 heavy (non-hydrogen) atoms. The van der Waals surface area contributed by atoms with E-state index in [2.05, 4.69) is 5.16 Å². The van der Waals surface area contributed by atoms with E-state index in [1.807, 2.05) is 35.2 Å². The normalized spacial score (nSPS) is 15.9. The number of benzene rings is 1. The van der Waals surface area contributed by atoms with Crippen molar-refractivity contribution in [1.29, 1.82) is 0 Å². The van der Waals surface area contributed by atoms with Gasteiger partial charge in [0.1, 0.15) is 0 Å². The third kappa shape index (κ3) is 3.87. The minimum absolute atomic E-state index is 0.0277. The van der Waals surface area contributed by atoms with Crippen molar-refractivity contribution in [3.8, 4) is 0 Å². The van der Waals surface area contributed by atoms with Crippen LogP contribution in [0.1, 0.15) is 24.8 Å². The summed E-state index contributed by atoms with van der Waals surface area (Å²) in [6.45, 7) is 1.73. The number of hydrogen-bond acceptors (Lipinski definition) is 3. The molecule has 0 unspecified atom stereocenters. The summed E-state index contributed by atoms with van der Waals surface area (Å²) in [5.41, 5.74) is 0.961. The highest BCUT2D eigenvalue weighted by atomic mass is 16.6. The van der Waals surface area contributed by atoms with Crippen molar-refractivity contribution in [3.05, 3.63) is 35.9 Å². The van der Waals surface area contributed by atoms with Crippen LogP contribution in [-0.4, -0.2) is 36.7 Å². The van der Waals surface area contributed by atoms with E-state index in [1.165, 1.54) is 6.42 Å². The van der Waals surface area contributed by atoms with Gasteiger partial charge in [0.15, 0.2) is 6.61 Å². The summed E-state index contributed by atoms with van der Waals surface area (Å²) >= 11 is 0. The Morgan fingerprint density at radius 2 is 1.94 bits per heavy atom. The maximum Gasteiger partial charge on any atom is 0.263 e. The first kappa shape index (κ1) is 12.6. The van der Waals surface area contributed by atoms with Gasteiger partial charge in [-0.05, 0) is 24.8 Å². The fraction of sp³-hybridized carbons (Fsp3) is 0.429. The summed E-state index contributed by atoms with van der Waals surface area (Å²) in [6.07, 6.45) is 5.03. The van der Waals surface area contributed by atoms with E-state index in [1.54, 1.807) is 6.21 Å². The van der Waals surface area contributed by atoms with E-state index >= 15 is 0 Å². The molecule has 4 nitrogen and oxygen atoms in total. The number of rotatable bonds is 4. The molecule has 2 rings (SSSR count). The van der Waals surface area contributed by atoms with Gasteiger partial charge in [-0.25, -0.2) is 0 Å². The van der Waals surface area contributed by atoms with E-state index in [-0.39, 0.29) is 12.5 Å². The van der Waals surface area contributed by atoms with Gasteiger partial charge >= 0.3 is 0 Å². The zero-order valence-electron chi connectivity index (χ0n) is 10.4. The van der Waals surface area contributed by atoms with E-state index in [4.69, 9.17) is 4.84 Å². The summed E-state index contributed by atoms with van der Waals surface area (Å²) in [5, 5.41) is 3.80. The van der Waals surface area contributed by atoms with Crippen LogP contribution in [0.15, 0.2) is 35.5 Å². The van der Waals surface area contributed by atoms with Gasteiger partial charge in [-0.1, -0.05) is 35.5 Å². The molecule has 0 aromatic heterocycles. The molecule has 1 aromatic carbocycles. The van der Waals surface area contributed by atoms with Crippen LogP contribution in [0, 0.1) is 0 Å². The molecular formula is C14H18N2O2. The number of nitrogens with zero attached hydrogens (tertiary/aromatic N) is 2. The maximum atomic E-state index is 11.7. The van der Waals surface area contributed by atoms with Gasteiger partial charge in [-0.2, -0.15) is 0 Å². The molecule has 1 heterocycles.